The van der Waals surface area contributed by atoms with Crippen LogP contribution in [0.4, 0.5) is 19.0 Å². The summed E-state index contributed by atoms with van der Waals surface area (Å²) in [6.07, 6.45) is 0. The number of aromatic nitrogens is 2. The highest BCUT2D eigenvalue weighted by atomic mass is 32.2. The zero-order chi connectivity index (χ0) is 13.1. The highest BCUT2D eigenvalue weighted by Crippen LogP contribution is 2.29. The van der Waals surface area contributed by atoms with Crippen molar-refractivity contribution in [3.05, 3.63) is 11.3 Å². The van der Waals surface area contributed by atoms with E-state index in [-0.39, 0.29) is 24.1 Å². The number of anilines is 1. The topological polar surface area (TPSA) is 53.6 Å². The summed E-state index contributed by atoms with van der Waals surface area (Å²) in [6.45, 7) is 1.80. The summed E-state index contributed by atoms with van der Waals surface area (Å²) in [5.74, 6) is 0.339. The lowest BCUT2D eigenvalue weighted by Gasteiger charge is -2.08. The van der Waals surface area contributed by atoms with Crippen LogP contribution >= 0.6 is 11.8 Å². The molecule has 0 saturated carbocycles. The van der Waals surface area contributed by atoms with Crippen molar-refractivity contribution in [3.8, 4) is 6.07 Å². The molecular weight excluding hydrogens is 253 g/mol. The third-order valence-electron chi connectivity index (χ3n) is 1.99. The van der Waals surface area contributed by atoms with Crippen LogP contribution in [0.2, 0.25) is 0 Å². The Hall–Kier alpha value is -1.36. The van der Waals surface area contributed by atoms with Gasteiger partial charge in [0, 0.05) is 19.3 Å². The maximum absolute atomic E-state index is 11.9. The van der Waals surface area contributed by atoms with Crippen LogP contribution in [0.25, 0.3) is 0 Å². The predicted octanol–water partition coefficient (Wildman–Crippen LogP) is 2.27. The van der Waals surface area contributed by atoms with Crippen molar-refractivity contribution in [1.82, 2.24) is 9.78 Å². The molecule has 1 aromatic rings. The largest absolute Gasteiger partial charge is 0.441 e. The van der Waals surface area contributed by atoms with E-state index in [4.69, 9.17) is 5.26 Å². The predicted molar refractivity (Wildman–Crippen MR) is 59.7 cm³/mol. The van der Waals surface area contributed by atoms with Gasteiger partial charge in [-0.2, -0.15) is 23.5 Å². The fourth-order valence-corrected chi connectivity index (χ4v) is 1.77. The molecule has 0 radical (unpaired) electrons. The fourth-order valence-electron chi connectivity index (χ4n) is 1.33. The number of rotatable bonds is 4. The van der Waals surface area contributed by atoms with Crippen LogP contribution < -0.4 is 5.32 Å². The van der Waals surface area contributed by atoms with E-state index in [9.17, 15) is 13.2 Å². The standard InChI is InChI=1S/C9H11F3N4S/c1-6-7(5-13)8(16(2)15-6)14-3-4-17-9(10,11)12/h14H,3-4H2,1-2H3. The molecule has 4 nitrogen and oxygen atoms in total. The van der Waals surface area contributed by atoms with Gasteiger partial charge in [0.15, 0.2) is 0 Å². The van der Waals surface area contributed by atoms with E-state index in [1.54, 1.807) is 14.0 Å². The number of thioether (sulfide) groups is 1. The Morgan fingerprint density at radius 3 is 2.71 bits per heavy atom. The molecule has 0 bridgehead atoms. The molecule has 94 valence electrons. The molecule has 1 N–H and O–H groups in total. The number of nitrogens with zero attached hydrogens (tertiary/aromatic N) is 3. The zero-order valence-electron chi connectivity index (χ0n) is 9.30. The van der Waals surface area contributed by atoms with Crippen molar-refractivity contribution < 1.29 is 13.2 Å². The molecule has 0 atom stereocenters. The summed E-state index contributed by atoms with van der Waals surface area (Å²) in [6, 6.07) is 1.97. The second-order valence-electron chi connectivity index (χ2n) is 3.27. The molecule has 1 rings (SSSR count). The van der Waals surface area contributed by atoms with E-state index in [1.165, 1.54) is 4.68 Å². The summed E-state index contributed by atoms with van der Waals surface area (Å²) >= 11 is -0.0961. The lowest BCUT2D eigenvalue weighted by Crippen LogP contribution is -2.12. The lowest BCUT2D eigenvalue weighted by atomic mass is 10.2. The van der Waals surface area contributed by atoms with Gasteiger partial charge in [0.05, 0.1) is 5.69 Å². The summed E-state index contributed by atoms with van der Waals surface area (Å²) in [7, 11) is 1.63. The van der Waals surface area contributed by atoms with Crippen molar-refractivity contribution in [2.45, 2.75) is 12.4 Å². The van der Waals surface area contributed by atoms with Gasteiger partial charge in [0.2, 0.25) is 0 Å². The van der Waals surface area contributed by atoms with Crippen molar-refractivity contribution >= 4 is 17.6 Å². The van der Waals surface area contributed by atoms with E-state index >= 15 is 0 Å². The van der Waals surface area contributed by atoms with Crippen LogP contribution in [0.1, 0.15) is 11.3 Å². The number of nitrogens with one attached hydrogen (secondary N) is 1. The van der Waals surface area contributed by atoms with Crippen LogP contribution in [-0.2, 0) is 7.05 Å². The number of aryl methyl sites for hydroxylation is 2. The molecule has 1 heterocycles. The second-order valence-corrected chi connectivity index (χ2v) is 4.43. The molecule has 0 aliphatic heterocycles. The van der Waals surface area contributed by atoms with Crippen LogP contribution in [0.3, 0.4) is 0 Å². The van der Waals surface area contributed by atoms with Gasteiger partial charge in [-0.05, 0) is 18.7 Å². The van der Waals surface area contributed by atoms with Gasteiger partial charge in [-0.25, -0.2) is 0 Å². The number of alkyl halides is 3. The Labute approximate surface area is 101 Å². The molecule has 0 aromatic carbocycles. The fraction of sp³-hybridized carbons (Fsp3) is 0.556. The Morgan fingerprint density at radius 1 is 1.53 bits per heavy atom. The Kier molecular flexibility index (Phi) is 4.28. The summed E-state index contributed by atoms with van der Waals surface area (Å²) < 4.78 is 37.1. The van der Waals surface area contributed by atoms with Gasteiger partial charge in [-0.3, -0.25) is 4.68 Å². The van der Waals surface area contributed by atoms with Gasteiger partial charge < -0.3 is 5.32 Å². The van der Waals surface area contributed by atoms with Crippen molar-refractivity contribution in [2.24, 2.45) is 7.05 Å². The van der Waals surface area contributed by atoms with Gasteiger partial charge >= 0.3 is 5.51 Å². The Bertz CT molecular complexity index is 433. The molecule has 17 heavy (non-hydrogen) atoms. The van der Waals surface area contributed by atoms with E-state index < -0.39 is 5.51 Å². The first-order chi connectivity index (χ1) is 7.85. The molecule has 0 aliphatic rings. The minimum absolute atomic E-state index is 0.0961. The van der Waals surface area contributed by atoms with Gasteiger partial charge in [0.25, 0.3) is 0 Å². The quantitative estimate of drug-likeness (QED) is 0.847. The average Bonchev–Trinajstić information content (AvgIpc) is 2.46. The number of nitriles is 1. The summed E-state index contributed by atoms with van der Waals surface area (Å²) in [4.78, 5) is 0. The van der Waals surface area contributed by atoms with Crippen molar-refractivity contribution in [3.63, 3.8) is 0 Å². The van der Waals surface area contributed by atoms with Gasteiger partial charge in [-0.1, -0.05) is 0 Å². The highest BCUT2D eigenvalue weighted by Gasteiger charge is 2.27. The van der Waals surface area contributed by atoms with E-state index in [1.807, 2.05) is 6.07 Å². The van der Waals surface area contributed by atoms with E-state index in [0.717, 1.165) is 0 Å². The third-order valence-corrected chi connectivity index (χ3v) is 2.73. The summed E-state index contributed by atoms with van der Waals surface area (Å²) in [5, 5.41) is 15.7. The van der Waals surface area contributed by atoms with Crippen molar-refractivity contribution in [1.29, 1.82) is 5.26 Å². The van der Waals surface area contributed by atoms with E-state index in [0.29, 0.717) is 17.1 Å². The first-order valence-corrected chi connectivity index (χ1v) is 5.72. The third kappa shape index (κ3) is 3.85. The van der Waals surface area contributed by atoms with Gasteiger partial charge in [0.1, 0.15) is 17.5 Å². The normalized spacial score (nSPS) is 11.3. The molecule has 0 unspecified atom stereocenters. The van der Waals surface area contributed by atoms with E-state index in [2.05, 4.69) is 10.4 Å². The van der Waals surface area contributed by atoms with Gasteiger partial charge in [-0.15, -0.1) is 0 Å². The summed E-state index contributed by atoms with van der Waals surface area (Å²) in [5.41, 5.74) is -3.30. The first kappa shape index (κ1) is 13.7. The maximum Gasteiger partial charge on any atom is 0.441 e. The Balaban J connectivity index is 2.56. The second kappa shape index (κ2) is 5.31. The number of halogens is 3. The highest BCUT2D eigenvalue weighted by molar-refractivity contribution is 8.00. The number of hydrogen-bond acceptors (Lipinski definition) is 4. The smallest absolute Gasteiger partial charge is 0.368 e. The zero-order valence-corrected chi connectivity index (χ0v) is 10.1. The molecule has 0 aliphatic carbocycles. The Morgan fingerprint density at radius 2 is 2.18 bits per heavy atom. The van der Waals surface area contributed by atoms with Crippen LogP contribution in [-0.4, -0.2) is 27.6 Å². The minimum Gasteiger partial charge on any atom is -0.368 e. The molecule has 8 heteroatoms. The monoisotopic (exact) mass is 264 g/mol. The lowest BCUT2D eigenvalue weighted by molar-refractivity contribution is -0.0327. The first-order valence-electron chi connectivity index (χ1n) is 4.73. The van der Waals surface area contributed by atoms with Crippen LogP contribution in [0.5, 0.6) is 0 Å². The molecule has 1 aromatic heterocycles. The minimum atomic E-state index is -4.22. The molecular formula is C9H11F3N4S. The molecule has 0 amide bonds. The van der Waals surface area contributed by atoms with Crippen LogP contribution in [0, 0.1) is 18.3 Å². The van der Waals surface area contributed by atoms with Crippen molar-refractivity contribution in [2.75, 3.05) is 17.6 Å². The molecule has 0 saturated heterocycles. The number of hydrogen-bond donors (Lipinski definition) is 1. The van der Waals surface area contributed by atoms with Crippen LogP contribution in [0.15, 0.2) is 0 Å². The average molecular weight is 264 g/mol. The maximum atomic E-state index is 11.9. The molecule has 0 spiro atoms. The SMILES string of the molecule is Cc1nn(C)c(NCCSC(F)(F)F)c1C#N. The molecule has 0 fully saturated rings.